The number of nitrogens with zero attached hydrogens (tertiary/aromatic N) is 2. The number of aliphatic hydroxyl groups is 1. The Morgan fingerprint density at radius 2 is 2.12 bits per heavy atom. The monoisotopic (exact) mass is 537 g/mol. The second-order valence-electron chi connectivity index (χ2n) is 8.69. The van der Waals surface area contributed by atoms with Crippen LogP contribution in [0.4, 0.5) is 0 Å². The van der Waals surface area contributed by atoms with Gasteiger partial charge in [0.2, 0.25) is 5.91 Å². The van der Waals surface area contributed by atoms with Crippen LogP contribution in [-0.4, -0.2) is 45.2 Å². The van der Waals surface area contributed by atoms with Crippen molar-refractivity contribution in [3.63, 3.8) is 0 Å². The molecule has 1 aromatic carbocycles. The quantitative estimate of drug-likeness (QED) is 0.482. The predicted molar refractivity (Wildman–Crippen MR) is 129 cm³/mol. The van der Waals surface area contributed by atoms with Gasteiger partial charge in [0, 0.05) is 22.2 Å². The van der Waals surface area contributed by atoms with Crippen LogP contribution in [0.1, 0.15) is 63.4 Å². The van der Waals surface area contributed by atoms with E-state index in [0.717, 1.165) is 22.9 Å². The second kappa shape index (κ2) is 11.0. The number of ether oxygens (including phenoxy) is 1. The molecule has 2 N–H and O–H groups in total. The van der Waals surface area contributed by atoms with Crippen LogP contribution >= 0.6 is 27.5 Å². The number of carbonyl (C=O) groups is 2. The minimum atomic E-state index is -1.58. The van der Waals surface area contributed by atoms with E-state index in [9.17, 15) is 14.7 Å². The number of benzene rings is 1. The van der Waals surface area contributed by atoms with Gasteiger partial charge < -0.3 is 20.1 Å². The number of pyridine rings is 1. The molecule has 1 aliphatic rings. The Labute approximate surface area is 207 Å². The normalized spacial score (nSPS) is 18.1. The summed E-state index contributed by atoms with van der Waals surface area (Å²) in [6, 6.07) is 10.6. The molecule has 1 aliphatic heterocycles. The first-order valence-corrected chi connectivity index (χ1v) is 12.1. The van der Waals surface area contributed by atoms with Crippen molar-refractivity contribution < 1.29 is 19.4 Å². The summed E-state index contributed by atoms with van der Waals surface area (Å²) in [5.74, 6) is -2.28. The maximum Gasteiger partial charge on any atom is 0.252 e. The number of rotatable bonds is 8. The molecule has 0 bridgehead atoms. The largest absolute Gasteiger partial charge is 0.366 e. The van der Waals surface area contributed by atoms with Crippen molar-refractivity contribution in [3.8, 4) is 0 Å². The van der Waals surface area contributed by atoms with Crippen molar-refractivity contribution in [2.75, 3.05) is 6.54 Å². The van der Waals surface area contributed by atoms with Crippen LogP contribution in [0.2, 0.25) is 5.02 Å². The van der Waals surface area contributed by atoms with Crippen LogP contribution in [0.15, 0.2) is 47.1 Å². The molecule has 1 unspecified atom stereocenters. The van der Waals surface area contributed by atoms with Gasteiger partial charge in [0.25, 0.3) is 5.91 Å². The van der Waals surface area contributed by atoms with Crippen LogP contribution in [0, 0.1) is 0 Å². The fourth-order valence-corrected chi connectivity index (χ4v) is 4.42. The third-order valence-corrected chi connectivity index (χ3v) is 6.12. The van der Waals surface area contributed by atoms with Crippen LogP contribution < -0.4 is 5.32 Å². The number of amides is 2. The summed E-state index contributed by atoms with van der Waals surface area (Å²) in [4.78, 5) is 32.3. The summed E-state index contributed by atoms with van der Waals surface area (Å²) in [7, 11) is 0. The van der Waals surface area contributed by atoms with E-state index < -0.39 is 11.9 Å². The number of carbonyl (C=O) groups excluding carboxylic acids is 2. The maximum atomic E-state index is 13.5. The predicted octanol–water partition coefficient (Wildman–Crippen LogP) is 4.54. The summed E-state index contributed by atoms with van der Waals surface area (Å²) in [6.45, 7) is 5.25. The summed E-state index contributed by atoms with van der Waals surface area (Å²) in [5.41, 5.74) is 1.63. The van der Waals surface area contributed by atoms with Crippen molar-refractivity contribution >= 4 is 39.3 Å². The van der Waals surface area contributed by atoms with Gasteiger partial charge in [-0.25, -0.2) is 0 Å². The molecule has 2 amide bonds. The molecule has 2 heterocycles. The second-order valence-corrected chi connectivity index (χ2v) is 10.0. The molecule has 2 aromatic rings. The molecule has 7 nitrogen and oxygen atoms in total. The Kier molecular flexibility index (Phi) is 8.50. The first-order valence-electron chi connectivity index (χ1n) is 10.9. The summed E-state index contributed by atoms with van der Waals surface area (Å²) < 4.78 is 6.49. The molecule has 3 atom stereocenters. The summed E-state index contributed by atoms with van der Waals surface area (Å²) >= 11 is 9.49. The van der Waals surface area contributed by atoms with Gasteiger partial charge in [-0.1, -0.05) is 23.7 Å². The van der Waals surface area contributed by atoms with Crippen LogP contribution in [0.5, 0.6) is 0 Å². The lowest BCUT2D eigenvalue weighted by Crippen LogP contribution is -2.46. The van der Waals surface area contributed by atoms with E-state index in [1.807, 2.05) is 37.3 Å². The zero-order valence-electron chi connectivity index (χ0n) is 18.9. The van der Waals surface area contributed by atoms with Gasteiger partial charge in [0.1, 0.15) is 6.10 Å². The third kappa shape index (κ3) is 7.24. The van der Waals surface area contributed by atoms with E-state index in [0.29, 0.717) is 17.3 Å². The molecule has 1 fully saturated rings. The molecule has 0 spiro atoms. The van der Waals surface area contributed by atoms with Gasteiger partial charge >= 0.3 is 0 Å². The van der Waals surface area contributed by atoms with Crippen molar-refractivity contribution in [2.24, 2.45) is 0 Å². The maximum absolute atomic E-state index is 13.5. The highest BCUT2D eigenvalue weighted by Gasteiger charge is 2.38. The van der Waals surface area contributed by atoms with Gasteiger partial charge in [-0.15, -0.1) is 0 Å². The van der Waals surface area contributed by atoms with E-state index in [-0.39, 0.29) is 30.3 Å². The third-order valence-electron chi connectivity index (χ3n) is 5.42. The lowest BCUT2D eigenvalue weighted by molar-refractivity contribution is -0.212. The molecular formula is C24H29BrClN3O4. The van der Waals surface area contributed by atoms with Crippen molar-refractivity contribution in [3.05, 3.63) is 63.3 Å². The average molecular weight is 539 g/mol. The van der Waals surface area contributed by atoms with Gasteiger partial charge in [0.05, 0.1) is 24.2 Å². The highest BCUT2D eigenvalue weighted by Crippen LogP contribution is 2.34. The van der Waals surface area contributed by atoms with E-state index in [2.05, 4.69) is 26.2 Å². The highest BCUT2D eigenvalue weighted by molar-refractivity contribution is 9.10. The zero-order valence-corrected chi connectivity index (χ0v) is 21.3. The molecule has 3 rings (SSSR count). The van der Waals surface area contributed by atoms with Crippen LogP contribution in [0.25, 0.3) is 0 Å². The minimum Gasteiger partial charge on any atom is -0.366 e. The lowest BCUT2D eigenvalue weighted by atomic mass is 10.0. The molecule has 9 heteroatoms. The number of hydrogen-bond acceptors (Lipinski definition) is 5. The summed E-state index contributed by atoms with van der Waals surface area (Å²) in [5, 5.41) is 13.7. The Hall–Kier alpha value is -2.00. The van der Waals surface area contributed by atoms with E-state index >= 15 is 0 Å². The van der Waals surface area contributed by atoms with Gasteiger partial charge in [-0.05, 0) is 79.4 Å². The first kappa shape index (κ1) is 25.6. The molecule has 178 valence electrons. The SMILES string of the molecule is CC(NC(=O)C[C@@H](OC(C)(C)O)C(=O)N1CCC[C@@H]1c1cccc(Cl)c1)c1ccc(Br)cn1. The highest BCUT2D eigenvalue weighted by atomic mass is 79.9. The standard InChI is InChI=1S/C24H29BrClN3O4/c1-15(19-10-9-17(25)14-27-19)28-22(30)13-21(33-24(2,3)32)23(31)29-11-5-8-20(29)16-6-4-7-18(26)12-16/h4,6-7,9-10,12,14-15,20-21,32H,5,8,11,13H2,1-3H3,(H,28,30)/t15?,20-,21-/m1/s1. The van der Waals surface area contributed by atoms with Crippen LogP contribution in [0.3, 0.4) is 0 Å². The molecular weight excluding hydrogens is 510 g/mol. The fraction of sp³-hybridized carbons (Fsp3) is 0.458. The van der Waals surface area contributed by atoms with E-state index in [1.54, 1.807) is 17.2 Å². The molecule has 1 aromatic heterocycles. The van der Waals surface area contributed by atoms with Crippen LogP contribution in [-0.2, 0) is 14.3 Å². The molecule has 0 aliphatic carbocycles. The van der Waals surface area contributed by atoms with Crippen molar-refractivity contribution in [1.82, 2.24) is 15.2 Å². The number of halogens is 2. The smallest absolute Gasteiger partial charge is 0.252 e. The number of hydrogen-bond donors (Lipinski definition) is 2. The zero-order chi connectivity index (χ0) is 24.2. The van der Waals surface area contributed by atoms with E-state index in [4.69, 9.17) is 16.3 Å². The Bertz CT molecular complexity index is 980. The molecule has 1 saturated heterocycles. The van der Waals surface area contributed by atoms with E-state index in [1.165, 1.54) is 13.8 Å². The average Bonchev–Trinajstić information content (AvgIpc) is 3.22. The Morgan fingerprint density at radius 1 is 1.36 bits per heavy atom. The molecule has 0 radical (unpaired) electrons. The Balaban J connectivity index is 1.73. The minimum absolute atomic E-state index is 0.155. The molecule has 0 saturated carbocycles. The molecule has 33 heavy (non-hydrogen) atoms. The van der Waals surface area contributed by atoms with Crippen molar-refractivity contribution in [2.45, 2.75) is 64.0 Å². The topological polar surface area (TPSA) is 91.8 Å². The van der Waals surface area contributed by atoms with Gasteiger partial charge in [0.15, 0.2) is 5.79 Å². The van der Waals surface area contributed by atoms with Gasteiger partial charge in [-0.2, -0.15) is 0 Å². The summed E-state index contributed by atoms with van der Waals surface area (Å²) in [6.07, 6.45) is 1.93. The Morgan fingerprint density at radius 3 is 2.76 bits per heavy atom. The lowest BCUT2D eigenvalue weighted by Gasteiger charge is -2.32. The number of likely N-dealkylation sites (tertiary alicyclic amines) is 1. The fourth-order valence-electron chi connectivity index (χ4n) is 3.99. The number of nitrogens with one attached hydrogen (secondary N) is 1. The first-order chi connectivity index (χ1) is 15.5. The van der Waals surface area contributed by atoms with Gasteiger partial charge in [-0.3, -0.25) is 14.6 Å². The number of aromatic nitrogens is 1. The van der Waals surface area contributed by atoms with Crippen molar-refractivity contribution in [1.29, 1.82) is 0 Å².